The van der Waals surface area contributed by atoms with Gasteiger partial charge in [-0.1, -0.05) is 12.1 Å². The van der Waals surface area contributed by atoms with Gasteiger partial charge in [0.05, 0.1) is 20.5 Å². The van der Waals surface area contributed by atoms with Crippen LogP contribution >= 0.6 is 0 Å². The van der Waals surface area contributed by atoms with Gasteiger partial charge in [0.25, 0.3) is 11.8 Å². The molecule has 0 aliphatic heterocycles. The standard InChI is InChI=1S/C21H20N2O5/c1-26-17-10-15(11-18(12-17)27-2)20(24)22-13-14-5-7-16(8-6-14)23-21(25)19-4-3-9-28-19/h3-12H,13H2,1-2H3,(H,22,24)(H,23,25). The van der Waals surface area contributed by atoms with Crippen LogP contribution in [0.3, 0.4) is 0 Å². The molecular weight excluding hydrogens is 360 g/mol. The van der Waals surface area contributed by atoms with E-state index in [0.717, 1.165) is 5.56 Å². The number of nitrogens with one attached hydrogen (secondary N) is 2. The van der Waals surface area contributed by atoms with E-state index in [2.05, 4.69) is 10.6 Å². The van der Waals surface area contributed by atoms with Gasteiger partial charge >= 0.3 is 0 Å². The number of methoxy groups -OCH3 is 2. The Kier molecular flexibility index (Phi) is 5.96. The third-order valence-electron chi connectivity index (χ3n) is 4.02. The maximum Gasteiger partial charge on any atom is 0.291 e. The van der Waals surface area contributed by atoms with E-state index >= 15 is 0 Å². The van der Waals surface area contributed by atoms with Crippen LogP contribution in [0.25, 0.3) is 0 Å². The Hall–Kier alpha value is -3.74. The van der Waals surface area contributed by atoms with Crippen molar-refractivity contribution in [2.45, 2.75) is 6.54 Å². The Bertz CT molecular complexity index is 927. The molecule has 1 aromatic heterocycles. The van der Waals surface area contributed by atoms with Crippen molar-refractivity contribution in [2.75, 3.05) is 19.5 Å². The quantitative estimate of drug-likeness (QED) is 0.655. The Balaban J connectivity index is 1.59. The monoisotopic (exact) mass is 380 g/mol. The van der Waals surface area contributed by atoms with Crippen molar-refractivity contribution in [3.05, 3.63) is 77.7 Å². The van der Waals surface area contributed by atoms with Crippen LogP contribution in [-0.2, 0) is 6.54 Å². The topological polar surface area (TPSA) is 89.8 Å². The summed E-state index contributed by atoms with van der Waals surface area (Å²) in [6.45, 7) is 0.338. The SMILES string of the molecule is COc1cc(OC)cc(C(=O)NCc2ccc(NC(=O)c3ccco3)cc2)c1. The van der Waals surface area contributed by atoms with Crippen molar-refractivity contribution in [1.82, 2.24) is 5.32 Å². The van der Waals surface area contributed by atoms with Gasteiger partial charge in [0.2, 0.25) is 0 Å². The van der Waals surface area contributed by atoms with Crippen LogP contribution in [0.1, 0.15) is 26.5 Å². The van der Waals surface area contributed by atoms with Gasteiger partial charge in [0.15, 0.2) is 5.76 Å². The average Bonchev–Trinajstić information content (AvgIpc) is 3.27. The summed E-state index contributed by atoms with van der Waals surface area (Å²) in [5, 5.41) is 5.59. The number of ether oxygens (including phenoxy) is 2. The zero-order valence-electron chi connectivity index (χ0n) is 15.5. The number of furan rings is 1. The second kappa shape index (κ2) is 8.77. The minimum absolute atomic E-state index is 0.241. The summed E-state index contributed by atoms with van der Waals surface area (Å²) in [5.74, 6) is 0.762. The highest BCUT2D eigenvalue weighted by Gasteiger charge is 2.11. The third-order valence-corrected chi connectivity index (χ3v) is 4.02. The Morgan fingerprint density at radius 3 is 2.18 bits per heavy atom. The molecule has 0 unspecified atom stereocenters. The number of carbonyl (C=O) groups excluding carboxylic acids is 2. The van der Waals surface area contributed by atoms with Crippen LogP contribution in [0.5, 0.6) is 11.5 Å². The maximum absolute atomic E-state index is 12.4. The number of hydrogen-bond acceptors (Lipinski definition) is 5. The molecule has 1 heterocycles. The molecule has 7 nitrogen and oxygen atoms in total. The molecule has 3 rings (SSSR count). The number of hydrogen-bond donors (Lipinski definition) is 2. The van der Waals surface area contributed by atoms with E-state index in [4.69, 9.17) is 13.9 Å². The lowest BCUT2D eigenvalue weighted by atomic mass is 10.1. The first-order valence-electron chi connectivity index (χ1n) is 8.54. The molecule has 2 amide bonds. The normalized spacial score (nSPS) is 10.2. The van der Waals surface area contributed by atoms with Gasteiger partial charge in [0, 0.05) is 23.9 Å². The Morgan fingerprint density at radius 2 is 1.61 bits per heavy atom. The Labute approximate surface area is 162 Å². The first-order valence-corrected chi connectivity index (χ1v) is 8.54. The van der Waals surface area contributed by atoms with E-state index in [1.54, 1.807) is 42.5 Å². The zero-order chi connectivity index (χ0) is 19.9. The van der Waals surface area contributed by atoms with Gasteiger partial charge in [-0.3, -0.25) is 9.59 Å². The fourth-order valence-electron chi connectivity index (χ4n) is 2.53. The molecule has 7 heteroatoms. The average molecular weight is 380 g/mol. The van der Waals surface area contributed by atoms with Gasteiger partial charge in [-0.05, 0) is 42.0 Å². The van der Waals surface area contributed by atoms with Gasteiger partial charge in [-0.2, -0.15) is 0 Å². The summed E-state index contributed by atoms with van der Waals surface area (Å²) in [6.07, 6.45) is 1.44. The molecule has 144 valence electrons. The van der Waals surface area contributed by atoms with E-state index in [1.165, 1.54) is 20.5 Å². The summed E-state index contributed by atoms with van der Waals surface area (Å²) in [5.41, 5.74) is 1.96. The molecule has 0 radical (unpaired) electrons. The van der Waals surface area contributed by atoms with Gasteiger partial charge in [-0.15, -0.1) is 0 Å². The second-order valence-corrected chi connectivity index (χ2v) is 5.91. The predicted octanol–water partition coefficient (Wildman–Crippen LogP) is 3.48. The first-order chi connectivity index (χ1) is 13.6. The highest BCUT2D eigenvalue weighted by Crippen LogP contribution is 2.22. The molecule has 2 N–H and O–H groups in total. The molecule has 0 fully saturated rings. The molecule has 0 aliphatic rings. The van der Waals surface area contributed by atoms with Gasteiger partial charge in [0.1, 0.15) is 11.5 Å². The second-order valence-electron chi connectivity index (χ2n) is 5.91. The molecule has 0 bridgehead atoms. The van der Waals surface area contributed by atoms with Crippen LogP contribution in [0.15, 0.2) is 65.3 Å². The number of rotatable bonds is 7. The molecule has 0 saturated heterocycles. The van der Waals surface area contributed by atoms with Crippen LogP contribution in [0.2, 0.25) is 0 Å². The van der Waals surface area contributed by atoms with Gasteiger partial charge in [-0.25, -0.2) is 0 Å². The fraction of sp³-hybridized carbons (Fsp3) is 0.143. The van der Waals surface area contributed by atoms with Crippen molar-refractivity contribution < 1.29 is 23.5 Å². The largest absolute Gasteiger partial charge is 0.497 e. The third kappa shape index (κ3) is 4.70. The Morgan fingerprint density at radius 1 is 0.929 bits per heavy atom. The predicted molar refractivity (Wildman–Crippen MR) is 104 cm³/mol. The molecule has 0 aliphatic carbocycles. The van der Waals surface area contributed by atoms with Gasteiger partial charge < -0.3 is 24.5 Å². The summed E-state index contributed by atoms with van der Waals surface area (Å²) in [6, 6.07) is 15.4. The number of amides is 2. The van der Waals surface area contributed by atoms with Crippen molar-refractivity contribution in [2.24, 2.45) is 0 Å². The van der Waals surface area contributed by atoms with Crippen LogP contribution in [0, 0.1) is 0 Å². The summed E-state index contributed by atoms with van der Waals surface area (Å²) < 4.78 is 15.4. The van der Waals surface area contributed by atoms with Crippen LogP contribution in [0.4, 0.5) is 5.69 Å². The van der Waals surface area contributed by atoms with E-state index in [-0.39, 0.29) is 17.6 Å². The summed E-state index contributed by atoms with van der Waals surface area (Å²) >= 11 is 0. The summed E-state index contributed by atoms with van der Waals surface area (Å²) in [4.78, 5) is 24.4. The number of anilines is 1. The van der Waals surface area contributed by atoms with Crippen LogP contribution < -0.4 is 20.1 Å². The van der Waals surface area contributed by atoms with Crippen LogP contribution in [-0.4, -0.2) is 26.0 Å². The number of benzene rings is 2. The van der Waals surface area contributed by atoms with Crippen molar-refractivity contribution in [1.29, 1.82) is 0 Å². The molecule has 0 atom stereocenters. The lowest BCUT2D eigenvalue weighted by Crippen LogP contribution is -2.22. The van der Waals surface area contributed by atoms with E-state index in [1.807, 2.05) is 12.1 Å². The minimum atomic E-state index is -0.321. The maximum atomic E-state index is 12.4. The van der Waals surface area contributed by atoms with E-state index in [0.29, 0.717) is 29.3 Å². The van der Waals surface area contributed by atoms with Crippen molar-refractivity contribution >= 4 is 17.5 Å². The zero-order valence-corrected chi connectivity index (χ0v) is 15.5. The number of carbonyl (C=O) groups is 2. The molecule has 3 aromatic rings. The molecule has 0 saturated carbocycles. The molecular formula is C21H20N2O5. The smallest absolute Gasteiger partial charge is 0.291 e. The lowest BCUT2D eigenvalue weighted by molar-refractivity contribution is 0.0949. The summed E-state index contributed by atoms with van der Waals surface area (Å²) in [7, 11) is 3.06. The fourth-order valence-corrected chi connectivity index (χ4v) is 2.53. The minimum Gasteiger partial charge on any atom is -0.497 e. The molecule has 28 heavy (non-hydrogen) atoms. The van der Waals surface area contributed by atoms with E-state index in [9.17, 15) is 9.59 Å². The lowest BCUT2D eigenvalue weighted by Gasteiger charge is -2.10. The molecule has 0 spiro atoms. The molecule has 2 aromatic carbocycles. The van der Waals surface area contributed by atoms with E-state index < -0.39 is 0 Å². The highest BCUT2D eigenvalue weighted by molar-refractivity contribution is 6.02. The first kappa shape index (κ1) is 19.0. The van der Waals surface area contributed by atoms with Crippen molar-refractivity contribution in [3.63, 3.8) is 0 Å². The highest BCUT2D eigenvalue weighted by atomic mass is 16.5. The van der Waals surface area contributed by atoms with Crippen molar-refractivity contribution in [3.8, 4) is 11.5 Å².